The number of hydrogen-bond donors (Lipinski definition) is 2. The Hall–Kier alpha value is -1.92. The molecule has 0 aliphatic carbocycles. The molecule has 1 atom stereocenters. The maximum atomic E-state index is 12.3. The standard InChI is InChI=1S/C21H34N4O2/c1-3-12-22-21(27)23-20(26)17-25(13-4-2)19-11-8-14-24(16-19)15-18-9-6-5-7-10-18/h5-7,9-10,19H,3-4,8,11-17H2,1-2H3,(H2,22,23,26,27). The van der Waals surface area contributed by atoms with E-state index in [2.05, 4.69) is 51.6 Å². The van der Waals surface area contributed by atoms with Gasteiger partial charge in [-0.15, -0.1) is 0 Å². The van der Waals surface area contributed by atoms with Crippen LogP contribution in [0.1, 0.15) is 45.1 Å². The van der Waals surface area contributed by atoms with E-state index in [1.807, 2.05) is 13.0 Å². The summed E-state index contributed by atoms with van der Waals surface area (Å²) in [5, 5.41) is 5.13. The van der Waals surface area contributed by atoms with Crippen LogP contribution in [0.4, 0.5) is 4.79 Å². The largest absolute Gasteiger partial charge is 0.338 e. The summed E-state index contributed by atoms with van der Waals surface area (Å²) in [5.41, 5.74) is 1.32. The molecule has 0 radical (unpaired) electrons. The number of carbonyl (C=O) groups excluding carboxylic acids is 2. The summed E-state index contributed by atoms with van der Waals surface area (Å²) in [6, 6.07) is 10.5. The number of nitrogens with one attached hydrogen (secondary N) is 2. The predicted molar refractivity (Wildman–Crippen MR) is 108 cm³/mol. The first-order chi connectivity index (χ1) is 13.1. The quantitative estimate of drug-likeness (QED) is 0.697. The Morgan fingerprint density at radius 1 is 1.19 bits per heavy atom. The topological polar surface area (TPSA) is 64.7 Å². The lowest BCUT2D eigenvalue weighted by Crippen LogP contribution is -2.52. The minimum absolute atomic E-state index is 0.225. The van der Waals surface area contributed by atoms with Crippen LogP contribution in [-0.4, -0.2) is 60.5 Å². The summed E-state index contributed by atoms with van der Waals surface area (Å²) in [6.07, 6.45) is 4.07. The normalized spacial score (nSPS) is 17.7. The molecule has 1 aliphatic heterocycles. The predicted octanol–water partition coefficient (Wildman–Crippen LogP) is 2.60. The first-order valence-electron chi connectivity index (χ1n) is 10.2. The van der Waals surface area contributed by atoms with E-state index >= 15 is 0 Å². The number of piperidine rings is 1. The second-order valence-corrected chi connectivity index (χ2v) is 7.29. The van der Waals surface area contributed by atoms with E-state index in [0.717, 1.165) is 51.9 Å². The molecule has 1 saturated heterocycles. The van der Waals surface area contributed by atoms with Crippen molar-refractivity contribution in [3.63, 3.8) is 0 Å². The molecule has 1 fully saturated rings. The summed E-state index contributed by atoms with van der Waals surface area (Å²) in [6.45, 7) is 8.84. The summed E-state index contributed by atoms with van der Waals surface area (Å²) in [7, 11) is 0. The van der Waals surface area contributed by atoms with Gasteiger partial charge in [-0.1, -0.05) is 44.2 Å². The molecule has 1 heterocycles. The number of amides is 3. The molecule has 0 aromatic heterocycles. The van der Waals surface area contributed by atoms with Crippen molar-refractivity contribution in [1.82, 2.24) is 20.4 Å². The van der Waals surface area contributed by atoms with Gasteiger partial charge in [0.05, 0.1) is 6.54 Å². The van der Waals surface area contributed by atoms with Gasteiger partial charge >= 0.3 is 6.03 Å². The maximum Gasteiger partial charge on any atom is 0.321 e. The van der Waals surface area contributed by atoms with Crippen molar-refractivity contribution in [2.75, 3.05) is 32.7 Å². The van der Waals surface area contributed by atoms with Crippen LogP contribution in [-0.2, 0) is 11.3 Å². The van der Waals surface area contributed by atoms with Gasteiger partial charge in [0, 0.05) is 25.7 Å². The highest BCUT2D eigenvalue weighted by Gasteiger charge is 2.26. The van der Waals surface area contributed by atoms with Gasteiger partial charge in [0.2, 0.25) is 5.91 Å². The smallest absolute Gasteiger partial charge is 0.321 e. The zero-order valence-electron chi connectivity index (χ0n) is 16.7. The summed E-state index contributed by atoms with van der Waals surface area (Å²) in [5.74, 6) is -0.225. The summed E-state index contributed by atoms with van der Waals surface area (Å²) >= 11 is 0. The van der Waals surface area contributed by atoms with Gasteiger partial charge in [0.25, 0.3) is 0 Å². The van der Waals surface area contributed by atoms with Gasteiger partial charge in [-0.05, 0) is 44.3 Å². The molecule has 1 unspecified atom stereocenters. The molecule has 1 aromatic rings. The molecule has 2 N–H and O–H groups in total. The van der Waals surface area contributed by atoms with Crippen molar-refractivity contribution >= 4 is 11.9 Å². The number of hydrogen-bond acceptors (Lipinski definition) is 4. The average Bonchev–Trinajstić information content (AvgIpc) is 2.67. The molecule has 0 saturated carbocycles. The number of rotatable bonds is 9. The molecular formula is C21H34N4O2. The highest BCUT2D eigenvalue weighted by Crippen LogP contribution is 2.18. The van der Waals surface area contributed by atoms with Crippen LogP contribution < -0.4 is 10.6 Å². The van der Waals surface area contributed by atoms with E-state index < -0.39 is 6.03 Å². The van der Waals surface area contributed by atoms with Crippen molar-refractivity contribution in [2.45, 2.75) is 52.1 Å². The van der Waals surface area contributed by atoms with Gasteiger partial charge < -0.3 is 5.32 Å². The van der Waals surface area contributed by atoms with Crippen molar-refractivity contribution in [3.8, 4) is 0 Å². The van der Waals surface area contributed by atoms with E-state index in [0.29, 0.717) is 12.6 Å². The third kappa shape index (κ3) is 7.69. The average molecular weight is 375 g/mol. The van der Waals surface area contributed by atoms with Crippen LogP contribution >= 0.6 is 0 Å². The highest BCUT2D eigenvalue weighted by atomic mass is 16.2. The monoisotopic (exact) mass is 374 g/mol. The van der Waals surface area contributed by atoms with Gasteiger partial charge in [0.1, 0.15) is 0 Å². The molecule has 150 valence electrons. The Kier molecular flexibility index (Phi) is 9.28. The molecule has 1 aliphatic rings. The molecule has 6 heteroatoms. The first-order valence-corrected chi connectivity index (χ1v) is 10.2. The molecular weight excluding hydrogens is 340 g/mol. The van der Waals surface area contributed by atoms with Gasteiger partial charge in [0.15, 0.2) is 0 Å². The molecule has 1 aromatic carbocycles. The fourth-order valence-corrected chi connectivity index (χ4v) is 3.63. The third-order valence-electron chi connectivity index (χ3n) is 4.89. The van der Waals surface area contributed by atoms with Crippen LogP contribution in [0.2, 0.25) is 0 Å². The number of nitrogens with zero attached hydrogens (tertiary/aromatic N) is 2. The fraction of sp³-hybridized carbons (Fsp3) is 0.619. The second-order valence-electron chi connectivity index (χ2n) is 7.29. The lowest BCUT2D eigenvalue weighted by atomic mass is 10.0. The molecule has 6 nitrogen and oxygen atoms in total. The molecule has 27 heavy (non-hydrogen) atoms. The van der Waals surface area contributed by atoms with Crippen LogP contribution in [0.25, 0.3) is 0 Å². The maximum absolute atomic E-state index is 12.3. The van der Waals surface area contributed by atoms with Crippen molar-refractivity contribution in [2.24, 2.45) is 0 Å². The van der Waals surface area contributed by atoms with Gasteiger partial charge in [-0.2, -0.15) is 0 Å². The van der Waals surface area contributed by atoms with Gasteiger partial charge in [-0.25, -0.2) is 4.79 Å². The van der Waals surface area contributed by atoms with E-state index in [1.54, 1.807) is 0 Å². The number of likely N-dealkylation sites (tertiary alicyclic amines) is 1. The first kappa shape index (κ1) is 21.4. The second kappa shape index (κ2) is 11.7. The molecule has 2 rings (SSSR count). The summed E-state index contributed by atoms with van der Waals surface area (Å²) in [4.78, 5) is 28.7. The Bertz CT molecular complexity index is 579. The number of urea groups is 1. The number of carbonyl (C=O) groups is 2. The van der Waals surface area contributed by atoms with E-state index in [4.69, 9.17) is 0 Å². The molecule has 0 spiro atoms. The summed E-state index contributed by atoms with van der Waals surface area (Å²) < 4.78 is 0. The number of imide groups is 1. The van der Waals surface area contributed by atoms with Crippen molar-refractivity contribution in [3.05, 3.63) is 35.9 Å². The Labute approximate surface area is 163 Å². The van der Waals surface area contributed by atoms with E-state index in [1.165, 1.54) is 5.56 Å². The van der Waals surface area contributed by atoms with Crippen LogP contribution in [0.3, 0.4) is 0 Å². The fourth-order valence-electron chi connectivity index (χ4n) is 3.63. The molecule has 3 amide bonds. The zero-order chi connectivity index (χ0) is 19.5. The van der Waals surface area contributed by atoms with Crippen molar-refractivity contribution in [1.29, 1.82) is 0 Å². The van der Waals surface area contributed by atoms with Crippen LogP contribution in [0.15, 0.2) is 30.3 Å². The molecule has 0 bridgehead atoms. The minimum atomic E-state index is -0.396. The van der Waals surface area contributed by atoms with Crippen molar-refractivity contribution < 1.29 is 9.59 Å². The zero-order valence-corrected chi connectivity index (χ0v) is 16.7. The Balaban J connectivity index is 1.88. The lowest BCUT2D eigenvalue weighted by Gasteiger charge is -2.39. The van der Waals surface area contributed by atoms with Crippen LogP contribution in [0, 0.1) is 0 Å². The highest BCUT2D eigenvalue weighted by molar-refractivity contribution is 5.95. The van der Waals surface area contributed by atoms with Gasteiger partial charge in [-0.3, -0.25) is 19.9 Å². The van der Waals surface area contributed by atoms with E-state index in [9.17, 15) is 9.59 Å². The lowest BCUT2D eigenvalue weighted by molar-refractivity contribution is -0.122. The minimum Gasteiger partial charge on any atom is -0.338 e. The Morgan fingerprint density at radius 3 is 2.67 bits per heavy atom. The number of benzene rings is 1. The van der Waals surface area contributed by atoms with E-state index in [-0.39, 0.29) is 12.5 Å². The third-order valence-corrected chi connectivity index (χ3v) is 4.89. The SMILES string of the molecule is CCCNC(=O)NC(=O)CN(CCC)C1CCCN(Cc2ccccc2)C1. The van der Waals surface area contributed by atoms with Crippen LogP contribution in [0.5, 0.6) is 0 Å². The Morgan fingerprint density at radius 2 is 1.96 bits per heavy atom.